The van der Waals surface area contributed by atoms with E-state index < -0.39 is 6.03 Å². The fourth-order valence-corrected chi connectivity index (χ4v) is 2.46. The highest BCUT2D eigenvalue weighted by atomic mass is 16.2. The number of aromatic amines is 1. The van der Waals surface area contributed by atoms with E-state index in [9.17, 15) is 9.59 Å². The third-order valence-electron chi connectivity index (χ3n) is 3.73. The molecule has 0 aliphatic heterocycles. The predicted molar refractivity (Wildman–Crippen MR) is 94.3 cm³/mol. The number of carbonyl (C=O) groups is 1. The first-order valence-corrected chi connectivity index (χ1v) is 7.69. The number of pyridine rings is 2. The number of amides is 2. The molecule has 0 bridgehead atoms. The number of anilines is 1. The van der Waals surface area contributed by atoms with E-state index in [-0.39, 0.29) is 11.1 Å². The second kappa shape index (κ2) is 6.95. The van der Waals surface area contributed by atoms with Crippen LogP contribution in [0.5, 0.6) is 0 Å². The van der Waals surface area contributed by atoms with Crippen LogP contribution in [0.4, 0.5) is 10.5 Å². The summed E-state index contributed by atoms with van der Waals surface area (Å²) in [6, 6.07) is 8.98. The lowest BCUT2D eigenvalue weighted by atomic mass is 10.1. The van der Waals surface area contributed by atoms with Crippen LogP contribution in [0, 0.1) is 6.92 Å². The van der Waals surface area contributed by atoms with E-state index >= 15 is 0 Å². The van der Waals surface area contributed by atoms with Crippen LogP contribution in [0.1, 0.15) is 11.1 Å². The van der Waals surface area contributed by atoms with Crippen LogP contribution in [0.25, 0.3) is 10.9 Å². The standard InChI is InChI=1S/C18H18N4O2/c1-12-2-3-15-14(10-12)17(23)16(11-21-15)22-18(24)20-9-6-13-4-7-19-8-5-13/h2-5,7-8,10-11H,6,9H2,1H3,(H,21,23)(H2,20,22,24). The summed E-state index contributed by atoms with van der Waals surface area (Å²) in [4.78, 5) is 31.4. The van der Waals surface area contributed by atoms with Crippen molar-refractivity contribution < 1.29 is 4.79 Å². The fraction of sp³-hybridized carbons (Fsp3) is 0.167. The Morgan fingerprint density at radius 2 is 2.00 bits per heavy atom. The van der Waals surface area contributed by atoms with Gasteiger partial charge < -0.3 is 15.6 Å². The van der Waals surface area contributed by atoms with Gasteiger partial charge in [-0.3, -0.25) is 9.78 Å². The zero-order valence-electron chi connectivity index (χ0n) is 13.3. The molecule has 2 heterocycles. The number of hydrogen-bond acceptors (Lipinski definition) is 3. The summed E-state index contributed by atoms with van der Waals surface area (Å²) >= 11 is 0. The first kappa shape index (κ1) is 15.7. The van der Waals surface area contributed by atoms with Gasteiger partial charge in [0.05, 0.1) is 0 Å². The van der Waals surface area contributed by atoms with Gasteiger partial charge in [0.15, 0.2) is 0 Å². The van der Waals surface area contributed by atoms with Crippen molar-refractivity contribution in [2.75, 3.05) is 11.9 Å². The molecule has 1 aromatic carbocycles. The topological polar surface area (TPSA) is 86.9 Å². The zero-order valence-corrected chi connectivity index (χ0v) is 13.3. The number of H-pyrrole nitrogens is 1. The maximum Gasteiger partial charge on any atom is 0.319 e. The molecule has 0 aliphatic rings. The van der Waals surface area contributed by atoms with Gasteiger partial charge in [0.1, 0.15) is 5.69 Å². The van der Waals surface area contributed by atoms with E-state index in [4.69, 9.17) is 0 Å². The summed E-state index contributed by atoms with van der Waals surface area (Å²) in [5.74, 6) is 0. The molecule has 0 fully saturated rings. The summed E-state index contributed by atoms with van der Waals surface area (Å²) in [5.41, 5.74) is 2.86. The molecule has 24 heavy (non-hydrogen) atoms. The Hall–Kier alpha value is -3.15. The Morgan fingerprint density at radius 3 is 2.79 bits per heavy atom. The zero-order chi connectivity index (χ0) is 16.9. The molecule has 6 nitrogen and oxygen atoms in total. The van der Waals surface area contributed by atoms with E-state index in [1.54, 1.807) is 18.5 Å². The molecule has 122 valence electrons. The minimum atomic E-state index is -0.401. The van der Waals surface area contributed by atoms with E-state index in [1.165, 1.54) is 6.20 Å². The van der Waals surface area contributed by atoms with Crippen LogP contribution in [-0.4, -0.2) is 22.5 Å². The van der Waals surface area contributed by atoms with Crippen molar-refractivity contribution in [1.29, 1.82) is 0 Å². The highest BCUT2D eigenvalue weighted by Crippen LogP contribution is 2.12. The van der Waals surface area contributed by atoms with Crippen molar-refractivity contribution in [3.63, 3.8) is 0 Å². The number of benzene rings is 1. The first-order chi connectivity index (χ1) is 11.6. The number of hydrogen-bond donors (Lipinski definition) is 3. The number of aromatic nitrogens is 2. The van der Waals surface area contributed by atoms with Gasteiger partial charge in [-0.15, -0.1) is 0 Å². The molecule has 3 aromatic rings. The van der Waals surface area contributed by atoms with Gasteiger partial charge in [0.2, 0.25) is 5.43 Å². The Bertz CT molecular complexity index is 919. The summed E-state index contributed by atoms with van der Waals surface area (Å²) in [5, 5.41) is 5.90. The average molecular weight is 322 g/mol. The number of carbonyl (C=O) groups excluding carboxylic acids is 1. The maximum atomic E-state index is 12.4. The van der Waals surface area contributed by atoms with Crippen LogP contribution in [0.2, 0.25) is 0 Å². The number of nitrogens with one attached hydrogen (secondary N) is 3. The SMILES string of the molecule is Cc1ccc2[nH]cc(NC(=O)NCCc3ccncc3)c(=O)c2c1. The van der Waals surface area contributed by atoms with Gasteiger partial charge in [0, 0.05) is 36.0 Å². The summed E-state index contributed by atoms with van der Waals surface area (Å²) in [6.45, 7) is 2.39. The normalized spacial score (nSPS) is 10.5. The molecule has 0 atom stereocenters. The lowest BCUT2D eigenvalue weighted by Crippen LogP contribution is -2.32. The van der Waals surface area contributed by atoms with Crippen LogP contribution < -0.4 is 16.1 Å². The van der Waals surface area contributed by atoms with E-state index in [1.807, 2.05) is 31.2 Å². The highest BCUT2D eigenvalue weighted by Gasteiger charge is 2.08. The van der Waals surface area contributed by atoms with Crippen molar-refractivity contribution in [2.24, 2.45) is 0 Å². The Labute approximate surface area is 138 Å². The number of aryl methyl sites for hydroxylation is 1. The number of urea groups is 1. The lowest BCUT2D eigenvalue weighted by molar-refractivity contribution is 0.252. The highest BCUT2D eigenvalue weighted by molar-refractivity contribution is 5.92. The van der Waals surface area contributed by atoms with Gasteiger partial charge in [0.25, 0.3) is 0 Å². The molecule has 3 rings (SSSR count). The lowest BCUT2D eigenvalue weighted by Gasteiger charge is -2.08. The second-order valence-corrected chi connectivity index (χ2v) is 5.57. The Morgan fingerprint density at radius 1 is 1.21 bits per heavy atom. The Balaban J connectivity index is 1.65. The van der Waals surface area contributed by atoms with E-state index in [0.717, 1.165) is 16.6 Å². The number of fused-ring (bicyclic) bond motifs is 1. The number of nitrogens with zero attached hydrogens (tertiary/aromatic N) is 1. The van der Waals surface area contributed by atoms with Gasteiger partial charge >= 0.3 is 6.03 Å². The van der Waals surface area contributed by atoms with E-state index in [0.29, 0.717) is 18.4 Å². The molecule has 0 radical (unpaired) electrons. The average Bonchev–Trinajstić information content (AvgIpc) is 2.59. The van der Waals surface area contributed by atoms with Gasteiger partial charge in [-0.25, -0.2) is 4.79 Å². The predicted octanol–water partition coefficient (Wildman–Crippen LogP) is 2.60. The molecule has 0 spiro atoms. The largest absolute Gasteiger partial charge is 0.359 e. The minimum absolute atomic E-state index is 0.197. The monoisotopic (exact) mass is 322 g/mol. The van der Waals surface area contributed by atoms with Crippen LogP contribution in [-0.2, 0) is 6.42 Å². The number of rotatable bonds is 4. The Kier molecular flexibility index (Phi) is 4.56. The molecule has 0 saturated heterocycles. The first-order valence-electron chi connectivity index (χ1n) is 7.69. The molecule has 2 aromatic heterocycles. The summed E-state index contributed by atoms with van der Waals surface area (Å²) < 4.78 is 0. The molecule has 6 heteroatoms. The van der Waals surface area contributed by atoms with E-state index in [2.05, 4.69) is 20.6 Å². The van der Waals surface area contributed by atoms with Gasteiger partial charge in [-0.05, 0) is 43.2 Å². The van der Waals surface area contributed by atoms with Crippen LogP contribution >= 0.6 is 0 Å². The molecule has 0 unspecified atom stereocenters. The summed E-state index contributed by atoms with van der Waals surface area (Å²) in [7, 11) is 0. The van der Waals surface area contributed by atoms with Crippen molar-refractivity contribution in [3.8, 4) is 0 Å². The molecular weight excluding hydrogens is 304 g/mol. The van der Waals surface area contributed by atoms with Crippen molar-refractivity contribution in [3.05, 3.63) is 70.3 Å². The van der Waals surface area contributed by atoms with Crippen LogP contribution in [0.15, 0.2) is 53.7 Å². The third kappa shape index (κ3) is 3.60. The molecule has 2 amide bonds. The van der Waals surface area contributed by atoms with Gasteiger partial charge in [-0.2, -0.15) is 0 Å². The van der Waals surface area contributed by atoms with Gasteiger partial charge in [-0.1, -0.05) is 11.6 Å². The second-order valence-electron chi connectivity index (χ2n) is 5.57. The quantitative estimate of drug-likeness (QED) is 0.690. The summed E-state index contributed by atoms with van der Waals surface area (Å²) in [6.07, 6.45) is 5.64. The maximum absolute atomic E-state index is 12.4. The van der Waals surface area contributed by atoms with Crippen molar-refractivity contribution in [2.45, 2.75) is 13.3 Å². The fourth-order valence-electron chi connectivity index (χ4n) is 2.46. The molecule has 0 saturated carbocycles. The van der Waals surface area contributed by atoms with Crippen molar-refractivity contribution in [1.82, 2.24) is 15.3 Å². The molecule has 0 aliphatic carbocycles. The van der Waals surface area contributed by atoms with Crippen LogP contribution in [0.3, 0.4) is 0 Å². The van der Waals surface area contributed by atoms with Crippen molar-refractivity contribution >= 4 is 22.6 Å². The smallest absolute Gasteiger partial charge is 0.319 e. The molecule has 3 N–H and O–H groups in total. The molecular formula is C18H18N4O2. The third-order valence-corrected chi connectivity index (χ3v) is 3.73. The minimum Gasteiger partial charge on any atom is -0.359 e.